The lowest BCUT2D eigenvalue weighted by atomic mass is 10.1. The number of aliphatic carboxylic acids is 1. The van der Waals surface area contributed by atoms with Gasteiger partial charge in [-0.05, 0) is 31.0 Å². The molecule has 0 aromatic heterocycles. The van der Waals surface area contributed by atoms with Gasteiger partial charge in [0.2, 0.25) is 0 Å². The van der Waals surface area contributed by atoms with Crippen LogP contribution in [0.5, 0.6) is 0 Å². The second-order valence-electron chi connectivity index (χ2n) is 3.98. The number of methoxy groups -OCH3 is 1. The van der Waals surface area contributed by atoms with E-state index in [-0.39, 0.29) is 0 Å². The smallest absolute Gasteiger partial charge is 0.326 e. The first kappa shape index (κ1) is 15.3. The summed E-state index contributed by atoms with van der Waals surface area (Å²) in [5.41, 5.74) is 0.937. The second kappa shape index (κ2) is 7.62. The number of carbonyl (C=O) groups is 1. The molecule has 6 heteroatoms. The van der Waals surface area contributed by atoms with E-state index in [4.69, 9.17) is 26.7 Å². The fourth-order valence-corrected chi connectivity index (χ4v) is 1.81. The lowest BCUT2D eigenvalue weighted by Crippen LogP contribution is -2.29. The molecule has 0 fully saturated rings. The van der Waals surface area contributed by atoms with Gasteiger partial charge in [-0.15, -0.1) is 0 Å². The van der Waals surface area contributed by atoms with E-state index in [0.717, 1.165) is 0 Å². The largest absolute Gasteiger partial charge is 0.480 e. The average molecular weight is 283 g/mol. The third kappa shape index (κ3) is 4.78. The number of rotatable bonds is 7. The molecule has 0 aliphatic heterocycles. The minimum absolute atomic E-state index is 0.331. The Balaban J connectivity index is 2.74. The maximum atomic E-state index is 11.1. The van der Waals surface area contributed by atoms with E-state index in [9.17, 15) is 4.79 Å². The summed E-state index contributed by atoms with van der Waals surface area (Å²) in [5.74, 6) is -0.948. The number of anilines is 1. The van der Waals surface area contributed by atoms with Crippen molar-refractivity contribution in [1.82, 2.24) is 0 Å². The first-order valence-corrected chi connectivity index (χ1v) is 6.14. The van der Waals surface area contributed by atoms with E-state index in [2.05, 4.69) is 5.32 Å². The Labute approximate surface area is 116 Å². The highest BCUT2D eigenvalue weighted by molar-refractivity contribution is 6.33. The monoisotopic (exact) mass is 282 g/mol. The molecular formula is C13H15ClN2O3. The van der Waals surface area contributed by atoms with Gasteiger partial charge < -0.3 is 15.2 Å². The van der Waals surface area contributed by atoms with Gasteiger partial charge in [0.15, 0.2) is 0 Å². The first-order valence-electron chi connectivity index (χ1n) is 5.76. The number of benzene rings is 1. The van der Waals surface area contributed by atoms with Gasteiger partial charge >= 0.3 is 5.97 Å². The molecule has 1 unspecified atom stereocenters. The van der Waals surface area contributed by atoms with Gasteiger partial charge in [-0.25, -0.2) is 4.79 Å². The first-order chi connectivity index (χ1) is 9.08. The molecule has 1 rings (SSSR count). The van der Waals surface area contributed by atoms with Crippen LogP contribution in [0.3, 0.4) is 0 Å². The van der Waals surface area contributed by atoms with Gasteiger partial charge in [-0.3, -0.25) is 0 Å². The lowest BCUT2D eigenvalue weighted by molar-refractivity contribution is -0.138. The fourth-order valence-electron chi connectivity index (χ4n) is 1.58. The molecule has 1 aromatic carbocycles. The maximum absolute atomic E-state index is 11.1. The van der Waals surface area contributed by atoms with Crippen LogP contribution in [-0.4, -0.2) is 30.8 Å². The van der Waals surface area contributed by atoms with E-state index in [1.165, 1.54) is 6.07 Å². The van der Waals surface area contributed by atoms with Crippen molar-refractivity contribution < 1.29 is 14.6 Å². The molecule has 0 spiro atoms. The SMILES string of the molecule is COCCCC(Nc1ccc(C#N)cc1Cl)C(=O)O. The lowest BCUT2D eigenvalue weighted by Gasteiger charge is -2.16. The zero-order chi connectivity index (χ0) is 14.3. The minimum atomic E-state index is -0.948. The van der Waals surface area contributed by atoms with Gasteiger partial charge in [0.25, 0.3) is 0 Å². The Bertz CT molecular complexity index is 485. The van der Waals surface area contributed by atoms with Crippen molar-refractivity contribution >= 4 is 23.3 Å². The number of ether oxygens (including phenoxy) is 1. The molecule has 19 heavy (non-hydrogen) atoms. The zero-order valence-corrected chi connectivity index (χ0v) is 11.3. The Hall–Kier alpha value is -1.77. The van der Waals surface area contributed by atoms with Crippen LogP contribution < -0.4 is 5.32 Å². The molecule has 1 atom stereocenters. The van der Waals surface area contributed by atoms with Crippen molar-refractivity contribution in [3.05, 3.63) is 28.8 Å². The summed E-state index contributed by atoms with van der Waals surface area (Å²) in [6, 6.07) is 5.92. The van der Waals surface area contributed by atoms with Crippen LogP contribution in [0.15, 0.2) is 18.2 Å². The summed E-state index contributed by atoms with van der Waals surface area (Å²) < 4.78 is 4.89. The minimum Gasteiger partial charge on any atom is -0.480 e. The van der Waals surface area contributed by atoms with Crippen LogP contribution in [0.25, 0.3) is 0 Å². The maximum Gasteiger partial charge on any atom is 0.326 e. The molecule has 0 saturated heterocycles. The molecular weight excluding hydrogens is 268 g/mol. The Morgan fingerprint density at radius 2 is 2.37 bits per heavy atom. The third-order valence-electron chi connectivity index (χ3n) is 2.57. The van der Waals surface area contributed by atoms with Gasteiger partial charge in [0, 0.05) is 13.7 Å². The van der Waals surface area contributed by atoms with Crippen molar-refractivity contribution in [2.75, 3.05) is 19.0 Å². The summed E-state index contributed by atoms with van der Waals surface area (Å²) in [4.78, 5) is 11.1. The van der Waals surface area contributed by atoms with E-state index in [0.29, 0.717) is 35.7 Å². The molecule has 0 heterocycles. The molecule has 0 aliphatic rings. The average Bonchev–Trinajstić information content (AvgIpc) is 2.39. The Kier molecular flexibility index (Phi) is 6.13. The van der Waals surface area contributed by atoms with Crippen molar-refractivity contribution in [2.24, 2.45) is 0 Å². The summed E-state index contributed by atoms with van der Waals surface area (Å²) in [7, 11) is 1.57. The van der Waals surface area contributed by atoms with Gasteiger partial charge in [0.1, 0.15) is 6.04 Å². The van der Waals surface area contributed by atoms with E-state index >= 15 is 0 Å². The summed E-state index contributed by atoms with van der Waals surface area (Å²) in [5, 5.41) is 21.0. The quantitative estimate of drug-likeness (QED) is 0.751. The number of carboxylic acids is 1. The van der Waals surface area contributed by atoms with Crippen LogP contribution >= 0.6 is 11.6 Å². The highest BCUT2D eigenvalue weighted by Crippen LogP contribution is 2.24. The Morgan fingerprint density at radius 3 is 2.89 bits per heavy atom. The summed E-state index contributed by atoms with van der Waals surface area (Å²) in [6.45, 7) is 0.507. The van der Waals surface area contributed by atoms with E-state index in [1.807, 2.05) is 6.07 Å². The van der Waals surface area contributed by atoms with E-state index in [1.54, 1.807) is 19.2 Å². The van der Waals surface area contributed by atoms with Gasteiger partial charge in [-0.1, -0.05) is 11.6 Å². The zero-order valence-electron chi connectivity index (χ0n) is 10.5. The number of hydrogen-bond donors (Lipinski definition) is 2. The van der Waals surface area contributed by atoms with Crippen molar-refractivity contribution in [2.45, 2.75) is 18.9 Å². The number of nitriles is 1. The van der Waals surface area contributed by atoms with Crippen LogP contribution in [-0.2, 0) is 9.53 Å². The van der Waals surface area contributed by atoms with Gasteiger partial charge in [0.05, 0.1) is 22.3 Å². The second-order valence-corrected chi connectivity index (χ2v) is 4.38. The van der Waals surface area contributed by atoms with Gasteiger partial charge in [-0.2, -0.15) is 5.26 Å². The molecule has 2 N–H and O–H groups in total. The molecule has 0 amide bonds. The van der Waals surface area contributed by atoms with Crippen LogP contribution in [0, 0.1) is 11.3 Å². The number of halogens is 1. The van der Waals surface area contributed by atoms with Crippen LogP contribution in [0.4, 0.5) is 5.69 Å². The van der Waals surface area contributed by atoms with Crippen LogP contribution in [0.1, 0.15) is 18.4 Å². The summed E-state index contributed by atoms with van der Waals surface area (Å²) in [6.07, 6.45) is 1.06. The summed E-state index contributed by atoms with van der Waals surface area (Å²) >= 11 is 5.99. The molecule has 0 aliphatic carbocycles. The molecule has 0 bridgehead atoms. The van der Waals surface area contributed by atoms with Crippen molar-refractivity contribution in [3.63, 3.8) is 0 Å². The predicted octanol–water partition coefficient (Wildman–Crippen LogP) is 2.50. The normalized spacial score (nSPS) is 11.6. The number of nitrogens with zero attached hydrogens (tertiary/aromatic N) is 1. The topological polar surface area (TPSA) is 82.3 Å². The van der Waals surface area contributed by atoms with Crippen molar-refractivity contribution in [3.8, 4) is 6.07 Å². The number of hydrogen-bond acceptors (Lipinski definition) is 4. The number of nitrogens with one attached hydrogen (secondary N) is 1. The standard InChI is InChI=1S/C13H15ClN2O3/c1-19-6-2-3-12(13(17)18)16-11-5-4-9(8-15)7-10(11)14/h4-5,7,12,16H,2-3,6H2,1H3,(H,17,18). The van der Waals surface area contributed by atoms with E-state index < -0.39 is 12.0 Å². The molecule has 1 aromatic rings. The number of carboxylic acid groups (broad SMARTS) is 1. The third-order valence-corrected chi connectivity index (χ3v) is 2.88. The fraction of sp³-hybridized carbons (Fsp3) is 0.385. The van der Waals surface area contributed by atoms with Crippen molar-refractivity contribution in [1.29, 1.82) is 5.26 Å². The Morgan fingerprint density at radius 1 is 1.63 bits per heavy atom. The highest BCUT2D eigenvalue weighted by Gasteiger charge is 2.17. The highest BCUT2D eigenvalue weighted by atomic mass is 35.5. The molecule has 5 nitrogen and oxygen atoms in total. The predicted molar refractivity (Wildman–Crippen MR) is 72.3 cm³/mol. The molecule has 0 saturated carbocycles. The van der Waals surface area contributed by atoms with Crippen LogP contribution in [0.2, 0.25) is 5.02 Å². The molecule has 0 radical (unpaired) electrons. The molecule has 102 valence electrons.